The predicted molar refractivity (Wildman–Crippen MR) is 95.7 cm³/mol. The van der Waals surface area contributed by atoms with Crippen LogP contribution in [0.5, 0.6) is 5.75 Å². The number of aromatic nitrogens is 4. The second-order valence-electron chi connectivity index (χ2n) is 5.35. The van der Waals surface area contributed by atoms with E-state index in [0.29, 0.717) is 17.1 Å². The molecule has 0 saturated carbocycles. The summed E-state index contributed by atoms with van der Waals surface area (Å²) in [5, 5.41) is 14.7. The maximum Gasteiger partial charge on any atom is 0.251 e. The van der Waals surface area contributed by atoms with Crippen molar-refractivity contribution in [3.63, 3.8) is 0 Å². The number of ether oxygens (including phenoxy) is 1. The molecule has 0 aliphatic rings. The topological polar surface area (TPSA) is 81.9 Å². The van der Waals surface area contributed by atoms with Crippen LogP contribution in [0.2, 0.25) is 0 Å². The van der Waals surface area contributed by atoms with Gasteiger partial charge in [0.05, 0.1) is 18.8 Å². The molecule has 1 unspecified atom stereocenters. The van der Waals surface area contributed by atoms with Gasteiger partial charge in [0.25, 0.3) is 5.91 Å². The number of nitrogens with one attached hydrogen (secondary N) is 1. The maximum atomic E-state index is 12.5. The highest BCUT2D eigenvalue weighted by Crippen LogP contribution is 2.18. The van der Waals surface area contributed by atoms with E-state index in [1.807, 2.05) is 31.2 Å². The van der Waals surface area contributed by atoms with Crippen molar-refractivity contribution in [2.45, 2.75) is 13.0 Å². The van der Waals surface area contributed by atoms with E-state index in [2.05, 4.69) is 36.8 Å². The van der Waals surface area contributed by atoms with Gasteiger partial charge in [-0.3, -0.25) is 4.79 Å². The van der Waals surface area contributed by atoms with Gasteiger partial charge in [-0.2, -0.15) is 4.68 Å². The maximum absolute atomic E-state index is 12.5. The van der Waals surface area contributed by atoms with Gasteiger partial charge in [-0.25, -0.2) is 0 Å². The third kappa shape index (κ3) is 3.85. The molecular formula is C17H16BrN5O2. The molecule has 1 heterocycles. The van der Waals surface area contributed by atoms with Crippen molar-refractivity contribution in [1.29, 1.82) is 0 Å². The van der Waals surface area contributed by atoms with E-state index in [9.17, 15) is 4.79 Å². The van der Waals surface area contributed by atoms with Crippen LogP contribution in [-0.2, 0) is 0 Å². The summed E-state index contributed by atoms with van der Waals surface area (Å²) in [5.41, 5.74) is 1.32. The minimum absolute atomic E-state index is 0.225. The van der Waals surface area contributed by atoms with Crippen LogP contribution in [0.15, 0.2) is 53.0 Å². The summed E-state index contributed by atoms with van der Waals surface area (Å²) >= 11 is 3.40. The lowest BCUT2D eigenvalue weighted by Crippen LogP contribution is -2.28. The molecule has 25 heavy (non-hydrogen) atoms. The normalized spacial score (nSPS) is 11.8. The number of rotatable bonds is 5. The van der Waals surface area contributed by atoms with Crippen LogP contribution in [0.1, 0.15) is 29.1 Å². The minimum atomic E-state index is -0.377. The van der Waals surface area contributed by atoms with E-state index >= 15 is 0 Å². The second kappa shape index (κ2) is 7.43. The van der Waals surface area contributed by atoms with Gasteiger partial charge in [-0.15, -0.1) is 5.10 Å². The fourth-order valence-electron chi connectivity index (χ4n) is 2.34. The summed E-state index contributed by atoms with van der Waals surface area (Å²) in [4.78, 5) is 12.5. The fourth-order valence-corrected chi connectivity index (χ4v) is 2.60. The van der Waals surface area contributed by atoms with E-state index in [-0.39, 0.29) is 11.9 Å². The van der Waals surface area contributed by atoms with Crippen molar-refractivity contribution < 1.29 is 9.53 Å². The third-order valence-corrected chi connectivity index (χ3v) is 4.16. The highest BCUT2D eigenvalue weighted by Gasteiger charge is 2.19. The second-order valence-corrected chi connectivity index (χ2v) is 6.27. The zero-order chi connectivity index (χ0) is 17.8. The number of benzene rings is 2. The number of nitrogens with zero attached hydrogens (tertiary/aromatic N) is 4. The number of carbonyl (C=O) groups is 1. The van der Waals surface area contributed by atoms with E-state index in [4.69, 9.17) is 4.74 Å². The Bertz CT molecular complexity index is 879. The highest BCUT2D eigenvalue weighted by molar-refractivity contribution is 9.10. The monoisotopic (exact) mass is 401 g/mol. The van der Waals surface area contributed by atoms with Crippen LogP contribution < -0.4 is 10.1 Å². The number of tetrazole rings is 1. The van der Waals surface area contributed by atoms with Gasteiger partial charge >= 0.3 is 0 Å². The van der Waals surface area contributed by atoms with E-state index in [0.717, 1.165) is 10.2 Å². The largest absolute Gasteiger partial charge is 0.497 e. The van der Waals surface area contributed by atoms with E-state index in [1.165, 1.54) is 0 Å². The smallest absolute Gasteiger partial charge is 0.251 e. The van der Waals surface area contributed by atoms with Gasteiger partial charge in [0.1, 0.15) is 5.75 Å². The molecule has 1 amide bonds. The molecule has 0 bridgehead atoms. The van der Waals surface area contributed by atoms with E-state index in [1.54, 1.807) is 36.1 Å². The van der Waals surface area contributed by atoms with Crippen molar-refractivity contribution in [3.05, 3.63) is 64.4 Å². The number of amides is 1. The van der Waals surface area contributed by atoms with Gasteiger partial charge in [0.2, 0.25) is 0 Å². The number of hydrogen-bond acceptors (Lipinski definition) is 5. The Morgan fingerprint density at radius 2 is 2.00 bits per heavy atom. The lowest BCUT2D eigenvalue weighted by atomic mass is 10.2. The highest BCUT2D eigenvalue weighted by atomic mass is 79.9. The average molecular weight is 402 g/mol. The Balaban J connectivity index is 1.80. The number of hydrogen-bond donors (Lipinski definition) is 1. The van der Waals surface area contributed by atoms with Crippen LogP contribution in [0.3, 0.4) is 0 Å². The van der Waals surface area contributed by atoms with Crippen LogP contribution in [0.4, 0.5) is 0 Å². The molecule has 0 spiro atoms. The van der Waals surface area contributed by atoms with Gasteiger partial charge in [-0.1, -0.05) is 22.0 Å². The summed E-state index contributed by atoms with van der Waals surface area (Å²) in [5.74, 6) is 0.940. The van der Waals surface area contributed by atoms with E-state index < -0.39 is 0 Å². The first-order chi connectivity index (χ1) is 12.1. The summed E-state index contributed by atoms with van der Waals surface area (Å²) in [6.07, 6.45) is 0. The first kappa shape index (κ1) is 17.1. The Morgan fingerprint density at radius 1 is 1.24 bits per heavy atom. The third-order valence-electron chi connectivity index (χ3n) is 3.63. The molecule has 3 rings (SSSR count). The molecule has 128 valence electrons. The zero-order valence-corrected chi connectivity index (χ0v) is 15.3. The van der Waals surface area contributed by atoms with Crippen molar-refractivity contribution in [2.75, 3.05) is 7.11 Å². The molecule has 3 aromatic rings. The Hall–Kier alpha value is -2.74. The SMILES string of the molecule is COc1cccc(C(=O)NC(C)c2nnnn2-c2ccc(Br)cc2)c1. The van der Waals surface area contributed by atoms with Crippen molar-refractivity contribution in [1.82, 2.24) is 25.5 Å². The molecule has 8 heteroatoms. The number of halogens is 1. The summed E-state index contributed by atoms with van der Waals surface area (Å²) in [6.45, 7) is 1.83. The lowest BCUT2D eigenvalue weighted by Gasteiger charge is -2.14. The predicted octanol–water partition coefficient (Wildman–Crippen LogP) is 2.92. The molecule has 0 radical (unpaired) electrons. The van der Waals surface area contributed by atoms with Gasteiger partial charge < -0.3 is 10.1 Å². The lowest BCUT2D eigenvalue weighted by molar-refractivity contribution is 0.0937. The van der Waals surface area contributed by atoms with Gasteiger partial charge in [0, 0.05) is 10.0 Å². The minimum Gasteiger partial charge on any atom is -0.497 e. The molecule has 1 N–H and O–H groups in total. The average Bonchev–Trinajstić information content (AvgIpc) is 3.12. The van der Waals surface area contributed by atoms with Crippen molar-refractivity contribution >= 4 is 21.8 Å². The fraction of sp³-hybridized carbons (Fsp3) is 0.176. The molecule has 0 fully saturated rings. The van der Waals surface area contributed by atoms with Crippen LogP contribution in [0, 0.1) is 0 Å². The quantitative estimate of drug-likeness (QED) is 0.710. The Morgan fingerprint density at radius 3 is 2.72 bits per heavy atom. The molecule has 1 aromatic heterocycles. The Kier molecular flexibility index (Phi) is 5.08. The van der Waals surface area contributed by atoms with Gasteiger partial charge in [0.15, 0.2) is 5.82 Å². The molecule has 1 atom stereocenters. The zero-order valence-electron chi connectivity index (χ0n) is 13.7. The first-order valence-electron chi connectivity index (χ1n) is 7.57. The molecule has 0 saturated heterocycles. The molecular weight excluding hydrogens is 386 g/mol. The first-order valence-corrected chi connectivity index (χ1v) is 8.37. The Labute approximate surface area is 153 Å². The molecule has 7 nitrogen and oxygen atoms in total. The van der Waals surface area contributed by atoms with Crippen LogP contribution >= 0.6 is 15.9 Å². The van der Waals surface area contributed by atoms with Gasteiger partial charge in [-0.05, 0) is 59.8 Å². The molecule has 0 aliphatic heterocycles. The number of carbonyl (C=O) groups excluding carboxylic acids is 1. The van der Waals surface area contributed by atoms with Crippen molar-refractivity contribution in [3.8, 4) is 11.4 Å². The summed E-state index contributed by atoms with van der Waals surface area (Å²) < 4.78 is 7.71. The van der Waals surface area contributed by atoms with Crippen molar-refractivity contribution in [2.24, 2.45) is 0 Å². The van der Waals surface area contributed by atoms with Crippen LogP contribution in [0.25, 0.3) is 5.69 Å². The number of methoxy groups -OCH3 is 1. The molecule has 2 aromatic carbocycles. The molecule has 0 aliphatic carbocycles. The summed E-state index contributed by atoms with van der Waals surface area (Å²) in [7, 11) is 1.56. The standard InChI is InChI=1S/C17H16BrN5O2/c1-11(19-17(24)12-4-3-5-15(10-12)25-2)16-20-21-22-23(16)14-8-6-13(18)7-9-14/h3-11H,1-2H3,(H,19,24). The summed E-state index contributed by atoms with van der Waals surface area (Å²) in [6, 6.07) is 14.2. The van der Waals surface area contributed by atoms with Crippen LogP contribution in [-0.4, -0.2) is 33.2 Å².